The van der Waals surface area contributed by atoms with Crippen LogP contribution in [0.4, 0.5) is 5.82 Å². The lowest BCUT2D eigenvalue weighted by molar-refractivity contribution is -0.143. The largest absolute Gasteiger partial charge is 0.481 e. The van der Waals surface area contributed by atoms with Gasteiger partial charge in [0.2, 0.25) is 16.9 Å². The fraction of sp³-hybridized carbons (Fsp3) is 0.640. The Bertz CT molecular complexity index is 1860. The summed E-state index contributed by atoms with van der Waals surface area (Å²) in [5.74, 6) is -4.01. The molecule has 0 saturated carbocycles. The number of aliphatic carboxylic acids is 1. The van der Waals surface area contributed by atoms with Crippen LogP contribution < -0.4 is 16.4 Å². The summed E-state index contributed by atoms with van der Waals surface area (Å²) in [5.41, 5.74) is 4.19. The van der Waals surface area contributed by atoms with Crippen LogP contribution in [0.5, 0.6) is 0 Å². The van der Waals surface area contributed by atoms with Gasteiger partial charge in [0, 0.05) is 30.7 Å². The number of nitrogen functional groups attached to an aromatic ring is 1. The van der Waals surface area contributed by atoms with E-state index in [2.05, 4.69) is 34.4 Å². The van der Waals surface area contributed by atoms with Gasteiger partial charge in [0.05, 0.1) is 19.5 Å². The van der Waals surface area contributed by atoms with Crippen molar-refractivity contribution >= 4 is 75.1 Å². The quantitative estimate of drug-likeness (QED) is 0.0383. The van der Waals surface area contributed by atoms with Crippen molar-refractivity contribution in [1.29, 1.82) is 0 Å². The number of imidazole rings is 1. The lowest BCUT2D eigenvalue weighted by atomic mass is 9.87. The Labute approximate surface area is 314 Å². The zero-order valence-electron chi connectivity index (χ0n) is 29.0. The number of phosphoric ester groups is 3. The number of fused-ring (bicyclic) bond motifs is 1. The highest BCUT2D eigenvalue weighted by atomic mass is 32.2. The highest BCUT2D eigenvalue weighted by Gasteiger charge is 2.50. The Morgan fingerprint density at radius 1 is 1.05 bits per heavy atom. The number of carbonyl (C=O) groups excluding carboxylic acids is 3. The van der Waals surface area contributed by atoms with E-state index in [0.717, 1.165) is 29.0 Å². The summed E-state index contributed by atoms with van der Waals surface area (Å²) in [4.78, 5) is 97.8. The molecule has 8 atom stereocenters. The van der Waals surface area contributed by atoms with Gasteiger partial charge in [0.25, 0.3) is 0 Å². The maximum Gasteiger partial charge on any atom is 0.481 e. The molecular formula is C25H40N7O19P3S. The fourth-order valence-corrected chi connectivity index (χ4v) is 8.09. The molecule has 3 rings (SSSR count). The van der Waals surface area contributed by atoms with Crippen LogP contribution >= 0.6 is 35.2 Å². The monoisotopic (exact) mass is 867 g/mol. The number of carboxylic acids is 1. The molecule has 8 unspecified atom stereocenters. The Morgan fingerprint density at radius 3 is 2.35 bits per heavy atom. The van der Waals surface area contributed by atoms with Crippen LogP contribution in [0.15, 0.2) is 12.7 Å². The number of amides is 2. The standard InChI is InChI=1S/C25H40N7O19P3S/c1-12(23(37)38)24(39)55-7-6-27-14(33)4-5-28-21(36)18(35)25(2,3)9-48-54(45,46)51-53(43,44)47-8-13-17(50-52(40,41)42)16(34)22(49-13)32-11-31-15-19(26)29-10-30-20(15)32/h10-13,16-18,22,34-35H,4-9H2,1-3H3,(H,27,33)(H,28,36)(H,37,38)(H,43,44)(H,45,46)(H2,26,29,30)(H2,40,41,42). The molecule has 2 amide bonds. The van der Waals surface area contributed by atoms with E-state index in [1.165, 1.54) is 20.8 Å². The molecule has 26 nitrogen and oxygen atoms in total. The first-order valence-corrected chi connectivity index (χ1v) is 21.1. The summed E-state index contributed by atoms with van der Waals surface area (Å²) in [6, 6.07) is 0. The first-order chi connectivity index (χ1) is 25.3. The van der Waals surface area contributed by atoms with E-state index in [-0.39, 0.29) is 42.2 Å². The fourth-order valence-electron chi connectivity index (χ4n) is 4.51. The number of thioether (sulfide) groups is 1. The van der Waals surface area contributed by atoms with E-state index in [4.69, 9.17) is 24.6 Å². The molecule has 0 aromatic carbocycles. The Hall–Kier alpha value is -2.97. The van der Waals surface area contributed by atoms with Gasteiger partial charge in [0.1, 0.15) is 42.2 Å². The van der Waals surface area contributed by atoms with E-state index in [1.54, 1.807) is 0 Å². The number of rotatable bonds is 21. The molecule has 0 spiro atoms. The predicted molar refractivity (Wildman–Crippen MR) is 184 cm³/mol. The second-order valence-corrected chi connectivity index (χ2v) is 17.6. The molecule has 0 bridgehead atoms. The van der Waals surface area contributed by atoms with Crippen molar-refractivity contribution in [3.63, 3.8) is 0 Å². The van der Waals surface area contributed by atoms with E-state index in [0.29, 0.717) is 0 Å². The lowest BCUT2D eigenvalue weighted by Crippen LogP contribution is -2.46. The summed E-state index contributed by atoms with van der Waals surface area (Å²) in [6.07, 6.45) is -7.13. The highest BCUT2D eigenvalue weighted by Crippen LogP contribution is 2.61. The summed E-state index contributed by atoms with van der Waals surface area (Å²) >= 11 is 0.726. The Morgan fingerprint density at radius 2 is 1.71 bits per heavy atom. The smallest absolute Gasteiger partial charge is 0.481 e. The number of hydrogen-bond acceptors (Lipinski definition) is 19. The number of hydrogen-bond donors (Lipinski definition) is 10. The van der Waals surface area contributed by atoms with E-state index < -0.39 is 102 Å². The number of phosphoric acid groups is 3. The number of nitrogens with one attached hydrogen (secondary N) is 2. The van der Waals surface area contributed by atoms with Gasteiger partial charge in [-0.25, -0.2) is 28.6 Å². The molecule has 1 aliphatic rings. The summed E-state index contributed by atoms with van der Waals surface area (Å²) in [5, 5.41) is 34.3. The van der Waals surface area contributed by atoms with E-state index >= 15 is 0 Å². The zero-order chi connectivity index (χ0) is 41.5. The number of aliphatic hydroxyl groups is 2. The number of aliphatic hydroxyl groups excluding tert-OH is 2. The predicted octanol–water partition coefficient (Wildman–Crippen LogP) is -1.61. The van der Waals surface area contributed by atoms with Crippen LogP contribution in [-0.2, 0) is 55.5 Å². The topological polar surface area (TPSA) is 401 Å². The van der Waals surface area contributed by atoms with Gasteiger partial charge in [0.15, 0.2) is 17.7 Å². The molecule has 11 N–H and O–H groups in total. The molecule has 2 aromatic heterocycles. The van der Waals surface area contributed by atoms with E-state index in [9.17, 15) is 62.7 Å². The van der Waals surface area contributed by atoms with E-state index in [1.807, 2.05) is 0 Å². The van der Waals surface area contributed by atoms with Crippen molar-refractivity contribution in [2.45, 2.75) is 57.8 Å². The van der Waals surface area contributed by atoms with Crippen molar-refractivity contribution in [2.75, 3.05) is 37.8 Å². The molecule has 3 heterocycles. The molecule has 1 fully saturated rings. The van der Waals surface area contributed by atoms with Crippen molar-refractivity contribution in [3.8, 4) is 0 Å². The molecular weight excluding hydrogens is 827 g/mol. The maximum atomic E-state index is 12.6. The maximum absolute atomic E-state index is 12.6. The summed E-state index contributed by atoms with van der Waals surface area (Å²) in [6.45, 7) is 1.35. The Kier molecular flexibility index (Phi) is 16.0. The van der Waals surface area contributed by atoms with Crippen molar-refractivity contribution in [3.05, 3.63) is 12.7 Å². The lowest BCUT2D eigenvalue weighted by Gasteiger charge is -2.30. The summed E-state index contributed by atoms with van der Waals surface area (Å²) < 4.78 is 61.9. The third kappa shape index (κ3) is 13.6. The van der Waals surface area contributed by atoms with Gasteiger partial charge in [-0.15, -0.1) is 0 Å². The van der Waals surface area contributed by atoms with Gasteiger partial charge < -0.3 is 56.0 Å². The average molecular weight is 868 g/mol. The molecule has 55 heavy (non-hydrogen) atoms. The number of ether oxygens (including phenoxy) is 1. The third-order valence-electron chi connectivity index (χ3n) is 7.47. The number of nitrogens with zero attached hydrogens (tertiary/aromatic N) is 4. The zero-order valence-corrected chi connectivity index (χ0v) is 32.5. The minimum Gasteiger partial charge on any atom is -0.481 e. The van der Waals surface area contributed by atoms with Gasteiger partial charge in [-0.05, 0) is 6.92 Å². The van der Waals surface area contributed by atoms with Crippen molar-refractivity contribution in [2.24, 2.45) is 11.3 Å². The van der Waals surface area contributed by atoms with Crippen LogP contribution in [0.2, 0.25) is 0 Å². The SMILES string of the molecule is CC(C(=O)O)C(=O)SCCNC(=O)CCNC(=O)C(O)C(C)(C)COP(=O)(O)OP(=O)(O)OCC1OC(n2cnc3c(N)ncnc32)C(O)C1OP(=O)(O)O. The molecule has 2 aromatic rings. The van der Waals surface area contributed by atoms with Crippen LogP contribution in [0.3, 0.4) is 0 Å². The molecule has 30 heteroatoms. The average Bonchev–Trinajstić information content (AvgIpc) is 3.64. The number of nitrogens with two attached hydrogens (primary N) is 1. The number of anilines is 1. The minimum atomic E-state index is -5.59. The first-order valence-electron chi connectivity index (χ1n) is 15.6. The molecule has 1 saturated heterocycles. The van der Waals surface area contributed by atoms with Crippen LogP contribution in [-0.4, -0.2) is 134 Å². The van der Waals surface area contributed by atoms with Crippen LogP contribution in [0.1, 0.15) is 33.4 Å². The molecule has 310 valence electrons. The van der Waals surface area contributed by atoms with Gasteiger partial charge >= 0.3 is 29.4 Å². The van der Waals surface area contributed by atoms with Gasteiger partial charge in [-0.1, -0.05) is 25.6 Å². The number of aromatic nitrogens is 4. The number of carbonyl (C=O) groups is 4. The second kappa shape index (κ2) is 19.0. The van der Waals surface area contributed by atoms with Crippen molar-refractivity contribution < 1.29 is 90.4 Å². The molecule has 1 aliphatic heterocycles. The first kappa shape index (κ1) is 46.4. The minimum absolute atomic E-state index is 0.0183. The molecule has 0 radical (unpaired) electrons. The Balaban J connectivity index is 1.50. The third-order valence-corrected chi connectivity index (χ3v) is 11.6. The highest BCUT2D eigenvalue weighted by molar-refractivity contribution is 8.13. The normalized spacial score (nSPS) is 22.3. The van der Waals surface area contributed by atoms with Crippen LogP contribution in [0, 0.1) is 11.3 Å². The van der Waals surface area contributed by atoms with Gasteiger partial charge in [-0.3, -0.25) is 37.3 Å². The second-order valence-electron chi connectivity index (χ2n) is 12.3. The van der Waals surface area contributed by atoms with Gasteiger partial charge in [-0.2, -0.15) is 4.31 Å². The van der Waals surface area contributed by atoms with Crippen LogP contribution in [0.25, 0.3) is 11.2 Å². The molecule has 0 aliphatic carbocycles. The summed E-state index contributed by atoms with van der Waals surface area (Å²) in [7, 11) is -16.4. The van der Waals surface area contributed by atoms with Crippen molar-refractivity contribution in [1.82, 2.24) is 30.2 Å². The number of carboxylic acid groups (broad SMARTS) is 1.